The van der Waals surface area contributed by atoms with Crippen LogP contribution < -0.4 is 5.32 Å². The van der Waals surface area contributed by atoms with Crippen LogP contribution in [0.25, 0.3) is 11.0 Å². The molecule has 0 aliphatic heterocycles. The smallest absolute Gasteiger partial charge is 0.237 e. The van der Waals surface area contributed by atoms with Gasteiger partial charge in [0, 0.05) is 17.3 Å². The third-order valence-corrected chi connectivity index (χ3v) is 5.00. The van der Waals surface area contributed by atoms with E-state index >= 15 is 0 Å². The monoisotopic (exact) mass is 371 g/mol. The van der Waals surface area contributed by atoms with Gasteiger partial charge in [0.15, 0.2) is 5.16 Å². The number of aromatic nitrogens is 2. The molecule has 3 rings (SSSR count). The number of nitrogens with zero attached hydrogens (tertiary/aromatic N) is 2. The highest BCUT2D eigenvalue weighted by Crippen LogP contribution is 2.28. The number of hydrogen-bond acceptors (Lipinski definition) is 3. The maximum absolute atomic E-state index is 12.5. The molecule has 1 atom stereocenters. The molecule has 1 N–H and O–H groups in total. The summed E-state index contributed by atoms with van der Waals surface area (Å²) in [5, 5.41) is 3.97. The van der Waals surface area contributed by atoms with Gasteiger partial charge in [0.2, 0.25) is 5.91 Å². The van der Waals surface area contributed by atoms with E-state index in [4.69, 9.17) is 11.6 Å². The molecule has 3 aromatic rings. The third kappa shape index (κ3) is 4.06. The van der Waals surface area contributed by atoms with Crippen LogP contribution in [0.3, 0.4) is 0 Å². The summed E-state index contributed by atoms with van der Waals surface area (Å²) in [5.74, 6) is -0.0931. The quantitative estimate of drug-likeness (QED) is 0.490. The Kier molecular flexibility index (Phi) is 5.46. The van der Waals surface area contributed by atoms with E-state index < -0.39 is 0 Å². The first-order valence-corrected chi connectivity index (χ1v) is 9.13. The van der Waals surface area contributed by atoms with Crippen LogP contribution in [0, 0.1) is 0 Å². The number of amides is 1. The predicted molar refractivity (Wildman–Crippen MR) is 105 cm³/mol. The van der Waals surface area contributed by atoms with E-state index in [1.54, 1.807) is 18.2 Å². The molecule has 1 aromatic heterocycles. The summed E-state index contributed by atoms with van der Waals surface area (Å²) in [6.07, 6.45) is 1.83. The molecule has 2 aromatic carbocycles. The molecule has 25 heavy (non-hydrogen) atoms. The first-order valence-electron chi connectivity index (χ1n) is 7.87. The first kappa shape index (κ1) is 17.6. The van der Waals surface area contributed by atoms with Gasteiger partial charge in [0.25, 0.3) is 0 Å². The molecule has 0 saturated carbocycles. The Balaban J connectivity index is 1.79. The Morgan fingerprint density at radius 3 is 2.92 bits per heavy atom. The van der Waals surface area contributed by atoms with Gasteiger partial charge in [0.05, 0.1) is 16.3 Å². The van der Waals surface area contributed by atoms with Crippen molar-refractivity contribution < 1.29 is 4.79 Å². The lowest BCUT2D eigenvalue weighted by atomic mass is 10.3. The largest absolute Gasteiger partial charge is 0.325 e. The Morgan fingerprint density at radius 1 is 1.36 bits per heavy atom. The van der Waals surface area contributed by atoms with E-state index in [9.17, 15) is 4.79 Å². The van der Waals surface area contributed by atoms with Crippen LogP contribution in [0.1, 0.15) is 6.92 Å². The van der Waals surface area contributed by atoms with Crippen molar-refractivity contribution in [3.8, 4) is 0 Å². The summed E-state index contributed by atoms with van der Waals surface area (Å²) in [6, 6.07) is 15.0. The number of fused-ring (bicyclic) bond motifs is 1. The van der Waals surface area contributed by atoms with Gasteiger partial charge >= 0.3 is 0 Å². The van der Waals surface area contributed by atoms with Crippen molar-refractivity contribution in [2.45, 2.75) is 23.9 Å². The molecule has 0 saturated heterocycles. The van der Waals surface area contributed by atoms with E-state index in [0.29, 0.717) is 17.3 Å². The standard InChI is InChI=1S/C19H18ClN3OS/c1-3-11-23-17-10-5-4-9-16(17)22-19(23)25-13(2)18(24)21-15-8-6-7-14(20)12-15/h3-10,12-13H,1,11H2,2H3,(H,21,24)/t13-/m0/s1. The van der Waals surface area contributed by atoms with Gasteiger partial charge in [-0.3, -0.25) is 4.79 Å². The lowest BCUT2D eigenvalue weighted by Gasteiger charge is -2.13. The molecule has 4 nitrogen and oxygen atoms in total. The highest BCUT2D eigenvalue weighted by atomic mass is 35.5. The lowest BCUT2D eigenvalue weighted by Crippen LogP contribution is -2.22. The maximum atomic E-state index is 12.5. The molecule has 0 spiro atoms. The minimum Gasteiger partial charge on any atom is -0.325 e. The zero-order valence-electron chi connectivity index (χ0n) is 13.8. The van der Waals surface area contributed by atoms with E-state index in [2.05, 4.69) is 21.4 Å². The van der Waals surface area contributed by atoms with Crippen molar-refractivity contribution in [1.82, 2.24) is 9.55 Å². The molecule has 128 valence electrons. The van der Waals surface area contributed by atoms with Gasteiger partial charge in [-0.25, -0.2) is 4.98 Å². The first-order chi connectivity index (χ1) is 12.1. The van der Waals surface area contributed by atoms with Crippen LogP contribution in [-0.4, -0.2) is 20.7 Å². The molecular weight excluding hydrogens is 354 g/mol. The SMILES string of the molecule is C=CCn1c(S[C@@H](C)C(=O)Nc2cccc(Cl)c2)nc2ccccc21. The number of anilines is 1. The van der Waals surface area contributed by atoms with E-state index in [1.807, 2.05) is 43.3 Å². The van der Waals surface area contributed by atoms with Crippen molar-refractivity contribution in [2.24, 2.45) is 0 Å². The second-order valence-electron chi connectivity index (χ2n) is 5.54. The third-order valence-electron chi connectivity index (χ3n) is 3.67. The summed E-state index contributed by atoms with van der Waals surface area (Å²) >= 11 is 7.39. The highest BCUT2D eigenvalue weighted by Gasteiger charge is 2.19. The number of hydrogen-bond donors (Lipinski definition) is 1. The molecular formula is C19H18ClN3OS. The number of thioether (sulfide) groups is 1. The van der Waals surface area contributed by atoms with Gasteiger partial charge in [-0.2, -0.15) is 0 Å². The summed E-state index contributed by atoms with van der Waals surface area (Å²) in [5.41, 5.74) is 2.63. The van der Waals surface area contributed by atoms with Crippen LogP contribution in [0.15, 0.2) is 66.3 Å². The lowest BCUT2D eigenvalue weighted by molar-refractivity contribution is -0.115. The van der Waals surface area contributed by atoms with Gasteiger partial charge in [-0.1, -0.05) is 47.6 Å². The number of para-hydroxylation sites is 2. The van der Waals surface area contributed by atoms with Gasteiger partial charge in [-0.15, -0.1) is 6.58 Å². The number of allylic oxidation sites excluding steroid dienone is 1. The number of benzene rings is 2. The Labute approximate surface area is 155 Å². The second-order valence-corrected chi connectivity index (χ2v) is 7.29. The fraction of sp³-hybridized carbons (Fsp3) is 0.158. The minimum absolute atomic E-state index is 0.0931. The van der Waals surface area contributed by atoms with Gasteiger partial charge < -0.3 is 9.88 Å². The summed E-state index contributed by atoms with van der Waals surface area (Å²) in [7, 11) is 0. The van der Waals surface area contributed by atoms with Gasteiger partial charge in [0.1, 0.15) is 0 Å². The van der Waals surface area contributed by atoms with Crippen molar-refractivity contribution in [2.75, 3.05) is 5.32 Å². The molecule has 1 heterocycles. The number of carbonyl (C=O) groups excluding carboxylic acids is 1. The molecule has 1 amide bonds. The molecule has 0 aliphatic carbocycles. The number of rotatable bonds is 6. The predicted octanol–water partition coefficient (Wildman–Crippen LogP) is 5.00. The number of imidazole rings is 1. The zero-order chi connectivity index (χ0) is 17.8. The van der Waals surface area contributed by atoms with Crippen LogP contribution in [0.5, 0.6) is 0 Å². The highest BCUT2D eigenvalue weighted by molar-refractivity contribution is 8.00. The average molecular weight is 372 g/mol. The van der Waals surface area contributed by atoms with Crippen LogP contribution in [0.2, 0.25) is 5.02 Å². The second kappa shape index (κ2) is 7.76. The molecule has 6 heteroatoms. The van der Waals surface area contributed by atoms with Crippen LogP contribution >= 0.6 is 23.4 Å². The fourth-order valence-electron chi connectivity index (χ4n) is 2.47. The Morgan fingerprint density at radius 2 is 2.16 bits per heavy atom. The summed E-state index contributed by atoms with van der Waals surface area (Å²) in [4.78, 5) is 17.1. The summed E-state index contributed by atoms with van der Waals surface area (Å²) < 4.78 is 2.07. The number of nitrogens with one attached hydrogen (secondary N) is 1. The topological polar surface area (TPSA) is 46.9 Å². The van der Waals surface area contributed by atoms with Crippen LogP contribution in [0.4, 0.5) is 5.69 Å². The summed E-state index contributed by atoms with van der Waals surface area (Å²) in [6.45, 7) is 6.32. The van der Waals surface area contributed by atoms with Crippen LogP contribution in [-0.2, 0) is 11.3 Å². The van der Waals surface area contributed by atoms with Crippen molar-refractivity contribution in [3.63, 3.8) is 0 Å². The van der Waals surface area contributed by atoms with Crippen molar-refractivity contribution >= 4 is 46.0 Å². The molecule has 0 fully saturated rings. The van der Waals surface area contributed by atoms with E-state index in [-0.39, 0.29) is 11.2 Å². The van der Waals surface area contributed by atoms with Crippen molar-refractivity contribution in [3.05, 3.63) is 66.2 Å². The number of halogens is 1. The minimum atomic E-state index is -0.306. The average Bonchev–Trinajstić information content (AvgIpc) is 2.93. The molecule has 0 unspecified atom stereocenters. The Hall–Kier alpha value is -2.24. The van der Waals surface area contributed by atoms with Gasteiger partial charge in [-0.05, 0) is 37.3 Å². The number of carbonyl (C=O) groups is 1. The van der Waals surface area contributed by atoms with E-state index in [0.717, 1.165) is 16.2 Å². The van der Waals surface area contributed by atoms with Crippen molar-refractivity contribution in [1.29, 1.82) is 0 Å². The van der Waals surface area contributed by atoms with E-state index in [1.165, 1.54) is 11.8 Å². The molecule has 0 radical (unpaired) electrons. The Bertz CT molecular complexity index is 922. The maximum Gasteiger partial charge on any atom is 0.237 e. The molecule has 0 bridgehead atoms. The zero-order valence-corrected chi connectivity index (χ0v) is 15.3. The normalized spacial score (nSPS) is 12.1. The molecule has 0 aliphatic rings. The fourth-order valence-corrected chi connectivity index (χ4v) is 3.59.